The van der Waals surface area contributed by atoms with Gasteiger partial charge in [-0.3, -0.25) is 4.79 Å². The Morgan fingerprint density at radius 1 is 1.16 bits per heavy atom. The maximum atomic E-state index is 13.1. The van der Waals surface area contributed by atoms with E-state index in [2.05, 4.69) is 41.4 Å². The van der Waals surface area contributed by atoms with Crippen molar-refractivity contribution in [1.29, 1.82) is 5.26 Å². The highest BCUT2D eigenvalue weighted by Crippen LogP contribution is 2.53. The standard InChI is InChI=1S/C37H41N11O3/c1-21(29-8-5-15-46(29)2)48-35-26(19-40-48)34(47-16-11-28(44-47)36(49)41-23-12-17-50-20-23)42-33(43-35)31-24-7-4-14-37(32(24)51-45-31)13-3-6-22-9-10-27(39)25(18-38)30(22)37/h9-11,16,19,21,23,29H,3-8,12-15,17,20,39H2,1-2H3,(H,41,49)/t21-,23+,29-,37+/m0/s1. The number of anilines is 1. The second kappa shape index (κ2) is 12.3. The first-order valence-corrected chi connectivity index (χ1v) is 18.1. The number of amides is 1. The normalized spacial score (nSPS) is 23.7. The van der Waals surface area contributed by atoms with Gasteiger partial charge in [0.15, 0.2) is 34.4 Å². The maximum Gasteiger partial charge on any atom is 0.272 e. The number of fused-ring (bicyclic) bond motifs is 5. The number of nitrogens with one attached hydrogen (secondary N) is 1. The third kappa shape index (κ3) is 5.04. The van der Waals surface area contributed by atoms with Gasteiger partial charge in [0, 0.05) is 30.1 Å². The molecule has 4 aliphatic rings. The zero-order chi connectivity index (χ0) is 34.9. The smallest absolute Gasteiger partial charge is 0.272 e. The largest absolute Gasteiger partial charge is 0.398 e. The fourth-order valence-corrected chi connectivity index (χ4v) is 9.16. The quantitative estimate of drug-likeness (QED) is 0.244. The van der Waals surface area contributed by atoms with E-state index >= 15 is 0 Å². The van der Waals surface area contributed by atoms with Gasteiger partial charge in [0.2, 0.25) is 0 Å². The number of aryl methyl sites for hydroxylation is 1. The van der Waals surface area contributed by atoms with Crippen molar-refractivity contribution in [2.45, 2.75) is 88.3 Å². The highest BCUT2D eigenvalue weighted by Gasteiger charge is 2.48. The Hall–Kier alpha value is -5.13. The molecule has 9 rings (SSSR count). The Bertz CT molecular complexity index is 2200. The lowest BCUT2D eigenvalue weighted by atomic mass is 9.61. The molecule has 2 aliphatic carbocycles. The van der Waals surface area contributed by atoms with Crippen molar-refractivity contribution in [3.8, 4) is 23.4 Å². The minimum absolute atomic E-state index is 0.0353. The molecule has 2 fully saturated rings. The van der Waals surface area contributed by atoms with Crippen molar-refractivity contribution in [3.63, 3.8) is 0 Å². The molecule has 4 atom stereocenters. The number of ether oxygens (including phenoxy) is 1. The molecule has 0 saturated carbocycles. The molecule has 14 nitrogen and oxygen atoms in total. The maximum absolute atomic E-state index is 13.1. The Balaban J connectivity index is 1.18. The first-order valence-electron chi connectivity index (χ1n) is 18.1. The van der Waals surface area contributed by atoms with E-state index in [9.17, 15) is 10.1 Å². The van der Waals surface area contributed by atoms with Crippen LogP contribution in [0.5, 0.6) is 0 Å². The molecule has 1 spiro atoms. The van der Waals surface area contributed by atoms with Crippen LogP contribution in [-0.4, -0.2) is 84.4 Å². The van der Waals surface area contributed by atoms with Crippen LogP contribution < -0.4 is 11.1 Å². The molecule has 14 heteroatoms. The number of nitriles is 1. The van der Waals surface area contributed by atoms with Gasteiger partial charge in [0.25, 0.3) is 5.91 Å². The molecule has 3 N–H and O–H groups in total. The summed E-state index contributed by atoms with van der Waals surface area (Å²) in [7, 11) is 2.16. The number of rotatable bonds is 6. The van der Waals surface area contributed by atoms with Gasteiger partial charge in [-0.05, 0) is 102 Å². The van der Waals surface area contributed by atoms with Crippen molar-refractivity contribution < 1.29 is 14.1 Å². The van der Waals surface area contributed by atoms with Crippen molar-refractivity contribution in [3.05, 3.63) is 64.3 Å². The first-order chi connectivity index (χ1) is 24.9. The van der Waals surface area contributed by atoms with E-state index in [1.54, 1.807) is 23.1 Å². The van der Waals surface area contributed by atoms with Crippen molar-refractivity contribution >= 4 is 22.6 Å². The van der Waals surface area contributed by atoms with Crippen molar-refractivity contribution in [2.75, 3.05) is 32.5 Å². The van der Waals surface area contributed by atoms with Gasteiger partial charge in [-0.15, -0.1) is 0 Å². The molecule has 0 bridgehead atoms. The van der Waals surface area contributed by atoms with E-state index in [4.69, 9.17) is 35.2 Å². The summed E-state index contributed by atoms with van der Waals surface area (Å²) in [5.74, 6) is 1.42. The number of hydrogen-bond acceptors (Lipinski definition) is 11. The van der Waals surface area contributed by atoms with Gasteiger partial charge in [-0.2, -0.15) is 15.5 Å². The molecular formula is C37H41N11O3. The average molecular weight is 688 g/mol. The summed E-state index contributed by atoms with van der Waals surface area (Å²) in [5, 5.41) is 28.3. The third-order valence-corrected chi connectivity index (χ3v) is 11.7. The zero-order valence-electron chi connectivity index (χ0n) is 28.9. The summed E-state index contributed by atoms with van der Waals surface area (Å²) in [6, 6.07) is 8.33. The Morgan fingerprint density at radius 3 is 2.80 bits per heavy atom. The van der Waals surface area contributed by atoms with Gasteiger partial charge < -0.3 is 25.2 Å². The third-order valence-electron chi connectivity index (χ3n) is 11.7. The number of carbonyl (C=O) groups is 1. The van der Waals surface area contributed by atoms with Crippen LogP contribution in [0.1, 0.15) is 96.4 Å². The molecule has 0 unspecified atom stereocenters. The van der Waals surface area contributed by atoms with Gasteiger partial charge in [0.05, 0.1) is 41.3 Å². The van der Waals surface area contributed by atoms with Gasteiger partial charge in [0.1, 0.15) is 6.07 Å². The molecule has 51 heavy (non-hydrogen) atoms. The van der Waals surface area contributed by atoms with Crippen LogP contribution in [0.4, 0.5) is 5.69 Å². The predicted octanol–water partition coefficient (Wildman–Crippen LogP) is 4.25. The van der Waals surface area contributed by atoms with Crippen LogP contribution in [0.3, 0.4) is 0 Å². The number of hydrogen-bond donors (Lipinski definition) is 2. The lowest BCUT2D eigenvalue weighted by molar-refractivity contribution is 0.0924. The molecule has 1 aromatic carbocycles. The van der Waals surface area contributed by atoms with Gasteiger partial charge in [-0.1, -0.05) is 11.2 Å². The van der Waals surface area contributed by atoms with Gasteiger partial charge in [-0.25, -0.2) is 19.3 Å². The average Bonchev–Trinajstić information content (AvgIpc) is 3.99. The lowest BCUT2D eigenvalue weighted by Gasteiger charge is -2.41. The molecule has 5 aromatic rings. The highest BCUT2D eigenvalue weighted by atomic mass is 16.5. The molecule has 6 heterocycles. The van der Waals surface area contributed by atoms with Crippen LogP contribution in [0, 0.1) is 11.3 Å². The summed E-state index contributed by atoms with van der Waals surface area (Å²) in [6.07, 6.45) is 11.7. The zero-order valence-corrected chi connectivity index (χ0v) is 28.9. The van der Waals surface area contributed by atoms with E-state index in [1.807, 2.05) is 10.7 Å². The monoisotopic (exact) mass is 687 g/mol. The van der Waals surface area contributed by atoms with Crippen LogP contribution in [0.25, 0.3) is 28.4 Å². The fraction of sp³-hybridized carbons (Fsp3) is 0.486. The number of likely N-dealkylation sites (tertiary alicyclic amines) is 1. The van der Waals surface area contributed by atoms with Crippen LogP contribution in [0.15, 0.2) is 35.1 Å². The molecule has 1 amide bonds. The molecule has 2 aliphatic heterocycles. The van der Waals surface area contributed by atoms with Crippen LogP contribution in [0.2, 0.25) is 0 Å². The second-order valence-corrected chi connectivity index (χ2v) is 14.6. The second-order valence-electron chi connectivity index (χ2n) is 14.6. The van der Waals surface area contributed by atoms with Crippen molar-refractivity contribution in [1.82, 2.24) is 44.9 Å². The van der Waals surface area contributed by atoms with E-state index < -0.39 is 5.41 Å². The summed E-state index contributed by atoms with van der Waals surface area (Å²) >= 11 is 0. The lowest BCUT2D eigenvalue weighted by Crippen LogP contribution is -2.36. The van der Waals surface area contributed by atoms with Crippen LogP contribution >= 0.6 is 0 Å². The number of likely N-dealkylation sites (N-methyl/N-ethyl adjacent to an activating group) is 1. The Morgan fingerprint density at radius 2 is 2.02 bits per heavy atom. The number of nitrogens with zero attached hydrogens (tertiary/aromatic N) is 9. The summed E-state index contributed by atoms with van der Waals surface area (Å²) < 4.78 is 15.4. The van der Waals surface area contributed by atoms with E-state index in [0.29, 0.717) is 53.5 Å². The highest BCUT2D eigenvalue weighted by molar-refractivity contribution is 5.92. The molecular weight excluding hydrogens is 646 g/mol. The fourth-order valence-electron chi connectivity index (χ4n) is 9.16. The van der Waals surface area contributed by atoms with E-state index in [0.717, 1.165) is 92.2 Å². The molecule has 2 saturated heterocycles. The molecule has 0 radical (unpaired) electrons. The molecule has 4 aromatic heterocycles. The topological polar surface area (TPSA) is 179 Å². The number of benzene rings is 1. The minimum Gasteiger partial charge on any atom is -0.398 e. The van der Waals surface area contributed by atoms with E-state index in [-0.39, 0.29) is 23.7 Å². The number of nitrogens with two attached hydrogens (primary N) is 1. The number of aromatic nitrogens is 7. The van der Waals surface area contributed by atoms with E-state index in [1.165, 1.54) is 0 Å². The summed E-state index contributed by atoms with van der Waals surface area (Å²) in [6.45, 7) is 4.35. The number of nitrogen functional groups attached to an aromatic ring is 1. The van der Waals surface area contributed by atoms with Gasteiger partial charge >= 0.3 is 0 Å². The minimum atomic E-state index is -0.502. The molecule has 262 valence electrons. The Kier molecular flexibility index (Phi) is 7.66. The van der Waals surface area contributed by atoms with Crippen molar-refractivity contribution in [2.24, 2.45) is 0 Å². The predicted molar refractivity (Wildman–Crippen MR) is 187 cm³/mol. The number of carbonyl (C=O) groups excluding carboxylic acids is 1. The first kappa shape index (κ1) is 31.8. The summed E-state index contributed by atoms with van der Waals surface area (Å²) in [5.41, 5.74) is 11.5. The Labute approximate surface area is 294 Å². The SMILES string of the molecule is C[C@@H]([C@@H]1CCCN1C)n1ncc2c(-n3ccc(C(=O)N[C@@H]4CCOC4)n3)nc(-c3noc4c3CCC[C@@]43CCCc4ccc(N)c(C#N)c43)nc21. The summed E-state index contributed by atoms with van der Waals surface area (Å²) in [4.78, 5) is 25.8. The van der Waals surface area contributed by atoms with Crippen LogP contribution in [-0.2, 0) is 23.0 Å².